The molecule has 116 valence electrons. The standard InChI is InChI=1S/C15H28BrN3O/c1-6-11-15(16)13(19(5)18-11)10-12(17-8-3)14(7-2)20-9-4/h12,14,17H,6-10H2,1-5H3. The molecule has 0 aliphatic heterocycles. The fraction of sp³-hybridized carbons (Fsp3) is 0.800. The summed E-state index contributed by atoms with van der Waals surface area (Å²) < 4.78 is 9.03. The quantitative estimate of drug-likeness (QED) is 0.747. The highest BCUT2D eigenvalue weighted by Gasteiger charge is 2.23. The third kappa shape index (κ3) is 4.30. The fourth-order valence-corrected chi connectivity index (χ4v) is 3.36. The van der Waals surface area contributed by atoms with E-state index in [4.69, 9.17) is 4.74 Å². The molecule has 1 heterocycles. The number of ether oxygens (including phenoxy) is 1. The molecule has 0 aliphatic rings. The van der Waals surface area contributed by atoms with E-state index in [1.165, 1.54) is 5.69 Å². The molecule has 1 N–H and O–H groups in total. The summed E-state index contributed by atoms with van der Waals surface area (Å²) in [5.41, 5.74) is 2.37. The van der Waals surface area contributed by atoms with Gasteiger partial charge in [-0.2, -0.15) is 5.10 Å². The minimum atomic E-state index is 0.242. The predicted octanol–water partition coefficient (Wildman–Crippen LogP) is 3.08. The second-order valence-corrected chi connectivity index (χ2v) is 5.75. The first-order chi connectivity index (χ1) is 9.58. The second kappa shape index (κ2) is 8.80. The molecule has 20 heavy (non-hydrogen) atoms. The highest BCUT2D eigenvalue weighted by molar-refractivity contribution is 9.10. The van der Waals surface area contributed by atoms with E-state index < -0.39 is 0 Å². The minimum Gasteiger partial charge on any atom is -0.377 e. The Kier molecular flexibility index (Phi) is 7.77. The van der Waals surface area contributed by atoms with Crippen LogP contribution in [-0.4, -0.2) is 35.1 Å². The number of aromatic nitrogens is 2. The van der Waals surface area contributed by atoms with Gasteiger partial charge in [-0.25, -0.2) is 0 Å². The lowest BCUT2D eigenvalue weighted by atomic mass is 10.0. The molecule has 0 radical (unpaired) electrons. The molecular formula is C15H28BrN3O. The predicted molar refractivity (Wildman–Crippen MR) is 87.2 cm³/mol. The van der Waals surface area contributed by atoms with Crippen molar-refractivity contribution in [1.29, 1.82) is 0 Å². The zero-order chi connectivity index (χ0) is 15.1. The molecule has 4 nitrogen and oxygen atoms in total. The maximum Gasteiger partial charge on any atom is 0.0766 e. The molecule has 0 amide bonds. The molecular weight excluding hydrogens is 318 g/mol. The average molecular weight is 346 g/mol. The summed E-state index contributed by atoms with van der Waals surface area (Å²) in [5, 5.41) is 8.14. The van der Waals surface area contributed by atoms with Crippen LogP contribution in [0.1, 0.15) is 45.5 Å². The number of likely N-dealkylation sites (N-methyl/N-ethyl adjacent to an activating group) is 1. The molecule has 1 rings (SSSR count). The van der Waals surface area contributed by atoms with Gasteiger partial charge in [-0.3, -0.25) is 4.68 Å². The first kappa shape index (κ1) is 17.7. The normalized spacial score (nSPS) is 14.5. The van der Waals surface area contributed by atoms with Gasteiger partial charge in [0, 0.05) is 26.1 Å². The van der Waals surface area contributed by atoms with Crippen LogP contribution in [0, 0.1) is 0 Å². The number of nitrogens with zero attached hydrogens (tertiary/aromatic N) is 2. The monoisotopic (exact) mass is 345 g/mol. The summed E-state index contributed by atoms with van der Waals surface area (Å²) in [6, 6.07) is 0.321. The van der Waals surface area contributed by atoms with Crippen LogP contribution in [0.3, 0.4) is 0 Å². The van der Waals surface area contributed by atoms with Crippen molar-refractivity contribution >= 4 is 15.9 Å². The highest BCUT2D eigenvalue weighted by atomic mass is 79.9. The van der Waals surface area contributed by atoms with Crippen molar-refractivity contribution in [2.75, 3.05) is 13.2 Å². The van der Waals surface area contributed by atoms with E-state index in [1.807, 2.05) is 11.7 Å². The van der Waals surface area contributed by atoms with Crippen LogP contribution in [0.2, 0.25) is 0 Å². The van der Waals surface area contributed by atoms with Crippen LogP contribution in [0.4, 0.5) is 0 Å². The Morgan fingerprint density at radius 3 is 2.45 bits per heavy atom. The van der Waals surface area contributed by atoms with Crippen LogP contribution in [0.15, 0.2) is 4.47 Å². The van der Waals surface area contributed by atoms with Gasteiger partial charge >= 0.3 is 0 Å². The first-order valence-corrected chi connectivity index (χ1v) is 8.43. The zero-order valence-electron chi connectivity index (χ0n) is 13.4. The van der Waals surface area contributed by atoms with E-state index in [0.29, 0.717) is 6.04 Å². The van der Waals surface area contributed by atoms with Gasteiger partial charge in [0.15, 0.2) is 0 Å². The number of nitrogens with one attached hydrogen (secondary N) is 1. The van der Waals surface area contributed by atoms with Crippen molar-refractivity contribution in [3.8, 4) is 0 Å². The van der Waals surface area contributed by atoms with Crippen molar-refractivity contribution < 1.29 is 4.74 Å². The van der Waals surface area contributed by atoms with Gasteiger partial charge in [0.1, 0.15) is 0 Å². The second-order valence-electron chi connectivity index (χ2n) is 4.95. The van der Waals surface area contributed by atoms with Gasteiger partial charge in [-0.15, -0.1) is 0 Å². The lowest BCUT2D eigenvalue weighted by Crippen LogP contribution is -2.43. The molecule has 0 aliphatic carbocycles. The molecule has 0 spiro atoms. The number of hydrogen-bond acceptors (Lipinski definition) is 3. The lowest BCUT2D eigenvalue weighted by Gasteiger charge is -2.27. The fourth-order valence-electron chi connectivity index (χ4n) is 2.58. The van der Waals surface area contributed by atoms with E-state index in [9.17, 15) is 0 Å². The maximum absolute atomic E-state index is 5.88. The largest absolute Gasteiger partial charge is 0.377 e. The highest BCUT2D eigenvalue weighted by Crippen LogP contribution is 2.24. The first-order valence-electron chi connectivity index (χ1n) is 7.64. The van der Waals surface area contributed by atoms with E-state index in [2.05, 4.69) is 54.0 Å². The van der Waals surface area contributed by atoms with Gasteiger partial charge in [0.25, 0.3) is 0 Å². The van der Waals surface area contributed by atoms with Gasteiger partial charge in [0.05, 0.1) is 22.0 Å². The third-order valence-electron chi connectivity index (χ3n) is 3.61. The Morgan fingerprint density at radius 2 is 2.00 bits per heavy atom. The van der Waals surface area contributed by atoms with E-state index in [1.54, 1.807) is 0 Å². The van der Waals surface area contributed by atoms with Crippen LogP contribution in [0.25, 0.3) is 0 Å². The molecule has 0 saturated carbocycles. The molecule has 2 unspecified atom stereocenters. The van der Waals surface area contributed by atoms with Crippen molar-refractivity contribution in [3.63, 3.8) is 0 Å². The van der Waals surface area contributed by atoms with Crippen molar-refractivity contribution in [2.45, 2.75) is 59.1 Å². The van der Waals surface area contributed by atoms with E-state index in [0.717, 1.165) is 42.6 Å². The van der Waals surface area contributed by atoms with Crippen LogP contribution >= 0.6 is 15.9 Å². The topological polar surface area (TPSA) is 39.1 Å². The Hall–Kier alpha value is -0.390. The average Bonchev–Trinajstić information content (AvgIpc) is 2.71. The van der Waals surface area contributed by atoms with Gasteiger partial charge in [-0.05, 0) is 42.2 Å². The molecule has 1 aromatic heterocycles. The molecule has 0 fully saturated rings. The molecule has 0 bridgehead atoms. The molecule has 0 saturated heterocycles. The van der Waals surface area contributed by atoms with Crippen LogP contribution < -0.4 is 5.32 Å². The van der Waals surface area contributed by atoms with Gasteiger partial charge < -0.3 is 10.1 Å². The SMILES string of the molecule is CCNC(Cc1c(Br)c(CC)nn1C)C(CC)OCC. The maximum atomic E-state index is 5.88. The van der Waals surface area contributed by atoms with E-state index >= 15 is 0 Å². The summed E-state index contributed by atoms with van der Waals surface area (Å²) in [5.74, 6) is 0. The van der Waals surface area contributed by atoms with Crippen molar-refractivity contribution in [2.24, 2.45) is 7.05 Å². The Morgan fingerprint density at radius 1 is 1.30 bits per heavy atom. The molecule has 5 heteroatoms. The summed E-state index contributed by atoms with van der Waals surface area (Å²) in [7, 11) is 2.02. The van der Waals surface area contributed by atoms with Crippen molar-refractivity contribution in [1.82, 2.24) is 15.1 Å². The minimum absolute atomic E-state index is 0.242. The molecule has 2 atom stereocenters. The summed E-state index contributed by atoms with van der Waals surface area (Å²) >= 11 is 3.70. The zero-order valence-corrected chi connectivity index (χ0v) is 15.0. The Balaban J connectivity index is 2.92. The molecule has 0 aromatic carbocycles. The third-order valence-corrected chi connectivity index (χ3v) is 4.53. The van der Waals surface area contributed by atoms with Gasteiger partial charge in [-0.1, -0.05) is 20.8 Å². The van der Waals surface area contributed by atoms with Crippen molar-refractivity contribution in [3.05, 3.63) is 15.9 Å². The van der Waals surface area contributed by atoms with E-state index in [-0.39, 0.29) is 6.10 Å². The van der Waals surface area contributed by atoms with Crippen LogP contribution in [0.5, 0.6) is 0 Å². The Labute approximate surface area is 131 Å². The summed E-state index contributed by atoms with van der Waals surface area (Å²) in [6.45, 7) is 10.2. The smallest absolute Gasteiger partial charge is 0.0766 e. The number of rotatable bonds is 9. The van der Waals surface area contributed by atoms with Gasteiger partial charge in [0.2, 0.25) is 0 Å². The number of aryl methyl sites for hydroxylation is 2. The number of halogens is 1. The summed E-state index contributed by atoms with van der Waals surface area (Å²) in [6.07, 6.45) is 3.13. The van der Waals surface area contributed by atoms with Crippen LogP contribution in [-0.2, 0) is 24.6 Å². The number of hydrogen-bond donors (Lipinski definition) is 1. The Bertz CT molecular complexity index is 406. The summed E-state index contributed by atoms with van der Waals surface area (Å²) in [4.78, 5) is 0. The molecule has 1 aromatic rings. The lowest BCUT2D eigenvalue weighted by molar-refractivity contribution is 0.0319.